The number of likely N-dealkylation sites (tertiary alicyclic amines) is 1. The molecule has 1 unspecified atom stereocenters. The first kappa shape index (κ1) is 17.4. The molecule has 0 bridgehead atoms. The topological polar surface area (TPSA) is 49.4 Å². The normalized spacial score (nSPS) is 20.3. The highest BCUT2D eigenvalue weighted by molar-refractivity contribution is 7.89. The van der Waals surface area contributed by atoms with Crippen LogP contribution in [-0.4, -0.2) is 39.0 Å². The van der Waals surface area contributed by atoms with Crippen molar-refractivity contribution < 1.29 is 8.42 Å². The first-order valence-electron chi connectivity index (χ1n) is 8.13. The van der Waals surface area contributed by atoms with E-state index < -0.39 is 10.0 Å². The van der Waals surface area contributed by atoms with E-state index in [0.717, 1.165) is 29.8 Å². The number of rotatable bonds is 5. The lowest BCUT2D eigenvalue weighted by Crippen LogP contribution is -2.42. The lowest BCUT2D eigenvalue weighted by molar-refractivity contribution is 0.164. The number of aryl methyl sites for hydroxylation is 3. The van der Waals surface area contributed by atoms with Crippen molar-refractivity contribution in [2.24, 2.45) is 0 Å². The van der Waals surface area contributed by atoms with E-state index in [0.29, 0.717) is 17.5 Å². The van der Waals surface area contributed by atoms with E-state index in [2.05, 4.69) is 16.5 Å². The van der Waals surface area contributed by atoms with Crippen LogP contribution < -0.4 is 4.72 Å². The zero-order valence-electron chi connectivity index (χ0n) is 14.1. The van der Waals surface area contributed by atoms with Crippen molar-refractivity contribution in [3.8, 4) is 0 Å². The van der Waals surface area contributed by atoms with E-state index in [1.807, 2.05) is 32.9 Å². The third-order valence-corrected chi connectivity index (χ3v) is 6.27. The van der Waals surface area contributed by atoms with Crippen LogP contribution in [-0.2, 0) is 10.0 Å². The largest absolute Gasteiger partial charge is 0.299 e. The number of hydrogen-bond acceptors (Lipinski definition) is 3. The molecule has 1 fully saturated rings. The molecule has 0 radical (unpaired) electrons. The molecule has 0 saturated carbocycles. The molecule has 1 N–H and O–H groups in total. The predicted octanol–water partition coefficient (Wildman–Crippen LogP) is 2.76. The second kappa shape index (κ2) is 7.11. The van der Waals surface area contributed by atoms with Gasteiger partial charge in [0.1, 0.15) is 0 Å². The van der Waals surface area contributed by atoms with Gasteiger partial charge in [0.05, 0.1) is 4.90 Å². The van der Waals surface area contributed by atoms with Crippen molar-refractivity contribution in [3.05, 3.63) is 28.8 Å². The molecule has 0 aromatic heterocycles. The number of nitrogens with zero attached hydrogens (tertiary/aromatic N) is 1. The summed E-state index contributed by atoms with van der Waals surface area (Å²) in [5.41, 5.74) is 2.73. The van der Waals surface area contributed by atoms with Gasteiger partial charge in [0, 0.05) is 19.1 Å². The van der Waals surface area contributed by atoms with E-state index in [-0.39, 0.29) is 0 Å². The summed E-state index contributed by atoms with van der Waals surface area (Å²) in [6.45, 7) is 10.3. The molecule has 4 nitrogen and oxygen atoms in total. The highest BCUT2D eigenvalue weighted by atomic mass is 32.2. The van der Waals surface area contributed by atoms with Gasteiger partial charge in [-0.3, -0.25) is 4.90 Å². The first-order valence-corrected chi connectivity index (χ1v) is 9.61. The number of piperidine rings is 1. The van der Waals surface area contributed by atoms with E-state index >= 15 is 0 Å². The standard InChI is InChI=1S/C17H28N2O2S/c1-13-11-14(2)17(15(3)12-13)22(20,21)18-8-10-19-9-6-5-7-16(19)4/h11-12,16,18H,5-10H2,1-4H3. The number of sulfonamides is 1. The summed E-state index contributed by atoms with van der Waals surface area (Å²) in [4.78, 5) is 2.81. The number of nitrogens with one attached hydrogen (secondary N) is 1. The van der Waals surface area contributed by atoms with Crippen molar-refractivity contribution in [1.29, 1.82) is 0 Å². The maximum absolute atomic E-state index is 12.6. The van der Waals surface area contributed by atoms with Crippen LogP contribution in [0.2, 0.25) is 0 Å². The fourth-order valence-electron chi connectivity index (χ4n) is 3.48. The summed E-state index contributed by atoms with van der Waals surface area (Å²) in [7, 11) is -3.43. The van der Waals surface area contributed by atoms with Crippen LogP contribution in [0.1, 0.15) is 42.9 Å². The van der Waals surface area contributed by atoms with E-state index in [9.17, 15) is 8.42 Å². The van der Waals surface area contributed by atoms with Gasteiger partial charge < -0.3 is 0 Å². The molecule has 1 aromatic carbocycles. The van der Waals surface area contributed by atoms with Gasteiger partial charge in [0.15, 0.2) is 0 Å². The number of hydrogen-bond donors (Lipinski definition) is 1. The van der Waals surface area contributed by atoms with Crippen molar-refractivity contribution in [2.75, 3.05) is 19.6 Å². The first-order chi connectivity index (χ1) is 10.3. The molecule has 1 aliphatic rings. The van der Waals surface area contributed by atoms with Gasteiger partial charge in [-0.05, 0) is 58.2 Å². The van der Waals surface area contributed by atoms with Crippen LogP contribution in [0.4, 0.5) is 0 Å². The third-order valence-electron chi connectivity index (χ3n) is 4.51. The fourth-order valence-corrected chi connectivity index (χ4v) is 4.95. The third kappa shape index (κ3) is 4.09. The van der Waals surface area contributed by atoms with Crippen LogP contribution in [0.5, 0.6) is 0 Å². The predicted molar refractivity (Wildman–Crippen MR) is 90.7 cm³/mol. The molecule has 22 heavy (non-hydrogen) atoms. The molecule has 1 saturated heterocycles. The maximum Gasteiger partial charge on any atom is 0.241 e. The second-order valence-corrected chi connectivity index (χ2v) is 8.21. The molecule has 0 spiro atoms. The quantitative estimate of drug-likeness (QED) is 0.906. The number of benzene rings is 1. The average molecular weight is 324 g/mol. The summed E-state index contributed by atoms with van der Waals surface area (Å²) >= 11 is 0. The monoisotopic (exact) mass is 324 g/mol. The van der Waals surface area contributed by atoms with Gasteiger partial charge in [0.2, 0.25) is 10.0 Å². The zero-order valence-corrected chi connectivity index (χ0v) is 15.0. The van der Waals surface area contributed by atoms with Gasteiger partial charge in [-0.25, -0.2) is 13.1 Å². The van der Waals surface area contributed by atoms with Crippen LogP contribution in [0.25, 0.3) is 0 Å². The summed E-state index contributed by atoms with van der Waals surface area (Å²) in [5.74, 6) is 0. The molecule has 1 aromatic rings. The molecule has 1 aliphatic heterocycles. The Balaban J connectivity index is 2.03. The second-order valence-electron chi connectivity index (χ2n) is 6.51. The highest BCUT2D eigenvalue weighted by Crippen LogP contribution is 2.21. The lowest BCUT2D eigenvalue weighted by Gasteiger charge is -2.33. The molecule has 5 heteroatoms. The van der Waals surface area contributed by atoms with E-state index in [1.54, 1.807) is 0 Å². The molecule has 1 heterocycles. The van der Waals surface area contributed by atoms with Gasteiger partial charge in [-0.15, -0.1) is 0 Å². The van der Waals surface area contributed by atoms with Gasteiger partial charge in [-0.2, -0.15) is 0 Å². The maximum atomic E-state index is 12.6. The summed E-state index contributed by atoms with van der Waals surface area (Å²) < 4.78 is 27.9. The smallest absolute Gasteiger partial charge is 0.241 e. The van der Waals surface area contributed by atoms with Crippen LogP contribution in [0, 0.1) is 20.8 Å². The van der Waals surface area contributed by atoms with E-state index in [4.69, 9.17) is 0 Å². The van der Waals surface area contributed by atoms with Crippen molar-refractivity contribution in [3.63, 3.8) is 0 Å². The molecular weight excluding hydrogens is 296 g/mol. The summed E-state index contributed by atoms with van der Waals surface area (Å²) in [6.07, 6.45) is 3.71. The Morgan fingerprint density at radius 2 is 1.82 bits per heavy atom. The Labute approximate surface area is 135 Å². The van der Waals surface area contributed by atoms with Crippen molar-refractivity contribution in [1.82, 2.24) is 9.62 Å². The molecule has 1 atom stereocenters. The zero-order chi connectivity index (χ0) is 16.3. The minimum atomic E-state index is -3.43. The SMILES string of the molecule is Cc1cc(C)c(S(=O)(=O)NCCN2CCCCC2C)c(C)c1. The van der Waals surface area contributed by atoms with Crippen LogP contribution in [0.15, 0.2) is 17.0 Å². The molecule has 124 valence electrons. The Bertz CT molecular complexity index is 603. The highest BCUT2D eigenvalue weighted by Gasteiger charge is 2.21. The minimum Gasteiger partial charge on any atom is -0.299 e. The summed E-state index contributed by atoms with van der Waals surface area (Å²) in [6, 6.07) is 4.41. The van der Waals surface area contributed by atoms with Crippen molar-refractivity contribution >= 4 is 10.0 Å². The Morgan fingerprint density at radius 1 is 1.18 bits per heavy atom. The van der Waals surface area contributed by atoms with Crippen molar-refractivity contribution in [2.45, 2.75) is 57.9 Å². The molecular formula is C17H28N2O2S. The minimum absolute atomic E-state index is 0.435. The van der Waals surface area contributed by atoms with Crippen LogP contribution >= 0.6 is 0 Å². The van der Waals surface area contributed by atoms with Gasteiger partial charge in [-0.1, -0.05) is 24.1 Å². The molecule has 0 amide bonds. The average Bonchev–Trinajstić information content (AvgIpc) is 2.39. The van der Waals surface area contributed by atoms with E-state index in [1.165, 1.54) is 19.3 Å². The summed E-state index contributed by atoms with van der Waals surface area (Å²) in [5, 5.41) is 0. The molecule has 2 rings (SSSR count). The Morgan fingerprint density at radius 3 is 2.41 bits per heavy atom. The van der Waals surface area contributed by atoms with Crippen LogP contribution in [0.3, 0.4) is 0 Å². The van der Waals surface area contributed by atoms with Gasteiger partial charge >= 0.3 is 0 Å². The molecule has 0 aliphatic carbocycles. The Kier molecular flexibility index (Phi) is 5.64. The lowest BCUT2D eigenvalue weighted by atomic mass is 10.0. The van der Waals surface area contributed by atoms with Gasteiger partial charge in [0.25, 0.3) is 0 Å². The fraction of sp³-hybridized carbons (Fsp3) is 0.647. The Hall–Kier alpha value is -0.910.